The lowest BCUT2D eigenvalue weighted by molar-refractivity contribution is 0.111. The van der Waals surface area contributed by atoms with Crippen LogP contribution in [0.3, 0.4) is 0 Å². The number of rotatable bonds is 6. The molecule has 0 aliphatic carbocycles. The van der Waals surface area contributed by atoms with Crippen LogP contribution in [0.2, 0.25) is 0 Å². The molecule has 0 amide bonds. The van der Waals surface area contributed by atoms with Crippen LogP contribution in [0.25, 0.3) is 0 Å². The van der Waals surface area contributed by atoms with E-state index < -0.39 is 0 Å². The number of unbranched alkanes of at least 4 members (excludes halogenated alkanes) is 1. The Morgan fingerprint density at radius 1 is 1.11 bits per heavy atom. The summed E-state index contributed by atoms with van der Waals surface area (Å²) in [5, 5.41) is 3.49. The van der Waals surface area contributed by atoms with E-state index >= 15 is 0 Å². The van der Waals surface area contributed by atoms with Crippen LogP contribution in [-0.4, -0.2) is 37.1 Å². The van der Waals surface area contributed by atoms with Gasteiger partial charge in [0.15, 0.2) is 0 Å². The molecule has 1 rings (SSSR count). The van der Waals surface area contributed by atoms with Gasteiger partial charge in [0.05, 0.1) is 0 Å². The smallest absolute Gasteiger partial charge is 0.00103 e. The van der Waals surface area contributed by atoms with Gasteiger partial charge in [0.25, 0.3) is 0 Å². The maximum absolute atomic E-state index is 3.49. The lowest BCUT2D eigenvalue weighted by Gasteiger charge is -2.38. The van der Waals surface area contributed by atoms with Gasteiger partial charge in [0.2, 0.25) is 0 Å². The molecule has 1 N–H and O–H groups in total. The second kappa shape index (κ2) is 7.49. The zero-order valence-corrected chi connectivity index (χ0v) is 13.3. The molecule has 0 bridgehead atoms. The highest BCUT2D eigenvalue weighted by molar-refractivity contribution is 4.80. The van der Waals surface area contributed by atoms with E-state index in [1.54, 1.807) is 0 Å². The van der Waals surface area contributed by atoms with E-state index in [1.807, 2.05) is 0 Å². The molecule has 0 aromatic heterocycles. The van der Waals surface area contributed by atoms with Crippen LogP contribution in [0.5, 0.6) is 0 Å². The van der Waals surface area contributed by atoms with Crippen molar-refractivity contribution >= 4 is 0 Å². The Hall–Kier alpha value is -0.0800. The molecule has 1 heterocycles. The predicted molar refractivity (Wildman–Crippen MR) is 81.0 cm³/mol. The first-order chi connectivity index (χ1) is 8.39. The first-order valence-electron chi connectivity index (χ1n) is 7.85. The average Bonchev–Trinajstić information content (AvgIpc) is 2.27. The molecule has 18 heavy (non-hydrogen) atoms. The summed E-state index contributed by atoms with van der Waals surface area (Å²) in [6.07, 6.45) is 5.46. The standard InChI is InChI=1S/C16H34N2/c1-14(2)17-10-6-7-11-18-12-8-15(9-13-18)16(3,4)5/h14-15,17H,6-13H2,1-5H3. The van der Waals surface area contributed by atoms with Crippen molar-refractivity contribution in [3.8, 4) is 0 Å². The van der Waals surface area contributed by atoms with Gasteiger partial charge in [-0.15, -0.1) is 0 Å². The number of likely N-dealkylation sites (tertiary alicyclic amines) is 1. The summed E-state index contributed by atoms with van der Waals surface area (Å²) in [6, 6.07) is 0.632. The fourth-order valence-electron chi connectivity index (χ4n) is 2.87. The zero-order chi connectivity index (χ0) is 13.6. The van der Waals surface area contributed by atoms with Gasteiger partial charge in [-0.05, 0) is 63.2 Å². The molecule has 0 spiro atoms. The van der Waals surface area contributed by atoms with E-state index in [4.69, 9.17) is 0 Å². The van der Waals surface area contributed by atoms with Gasteiger partial charge in [0.1, 0.15) is 0 Å². The third kappa shape index (κ3) is 6.19. The van der Waals surface area contributed by atoms with Gasteiger partial charge in [-0.1, -0.05) is 34.6 Å². The summed E-state index contributed by atoms with van der Waals surface area (Å²) in [6.45, 7) is 16.7. The van der Waals surface area contributed by atoms with Crippen LogP contribution in [0, 0.1) is 11.3 Å². The van der Waals surface area contributed by atoms with Crippen molar-refractivity contribution in [1.29, 1.82) is 0 Å². The van der Waals surface area contributed by atoms with Gasteiger partial charge in [-0.3, -0.25) is 0 Å². The van der Waals surface area contributed by atoms with E-state index in [0.29, 0.717) is 11.5 Å². The molecule has 1 fully saturated rings. The van der Waals surface area contributed by atoms with Crippen LogP contribution in [0.15, 0.2) is 0 Å². The zero-order valence-electron chi connectivity index (χ0n) is 13.3. The Kier molecular flexibility index (Phi) is 6.65. The molecule has 1 saturated heterocycles. The molecular weight excluding hydrogens is 220 g/mol. The van der Waals surface area contributed by atoms with E-state index in [2.05, 4.69) is 44.8 Å². The van der Waals surface area contributed by atoms with Crippen LogP contribution >= 0.6 is 0 Å². The number of hydrogen-bond acceptors (Lipinski definition) is 2. The Bertz CT molecular complexity index is 210. The predicted octanol–water partition coefficient (Wildman–Crippen LogP) is 3.52. The quantitative estimate of drug-likeness (QED) is 0.730. The van der Waals surface area contributed by atoms with Gasteiger partial charge in [0, 0.05) is 6.04 Å². The van der Waals surface area contributed by atoms with Crippen molar-refractivity contribution < 1.29 is 0 Å². The molecule has 0 atom stereocenters. The van der Waals surface area contributed by atoms with Crippen molar-refractivity contribution in [3.63, 3.8) is 0 Å². The monoisotopic (exact) mass is 254 g/mol. The third-order valence-electron chi connectivity index (χ3n) is 4.27. The number of nitrogens with zero attached hydrogens (tertiary/aromatic N) is 1. The summed E-state index contributed by atoms with van der Waals surface area (Å²) < 4.78 is 0. The second-order valence-electron chi connectivity index (χ2n) is 7.30. The normalized spacial score (nSPS) is 19.7. The molecule has 1 aliphatic heterocycles. The van der Waals surface area contributed by atoms with Gasteiger partial charge in [-0.2, -0.15) is 0 Å². The van der Waals surface area contributed by atoms with Crippen molar-refractivity contribution in [3.05, 3.63) is 0 Å². The molecule has 2 heteroatoms. The maximum atomic E-state index is 3.49. The molecule has 0 saturated carbocycles. The second-order valence-corrected chi connectivity index (χ2v) is 7.30. The highest BCUT2D eigenvalue weighted by Crippen LogP contribution is 2.34. The third-order valence-corrected chi connectivity index (χ3v) is 4.27. The lowest BCUT2D eigenvalue weighted by atomic mass is 9.75. The summed E-state index contributed by atoms with van der Waals surface area (Å²) in [5.41, 5.74) is 0.507. The minimum atomic E-state index is 0.507. The molecule has 0 unspecified atom stereocenters. The fraction of sp³-hybridized carbons (Fsp3) is 1.00. The highest BCUT2D eigenvalue weighted by Gasteiger charge is 2.28. The van der Waals surface area contributed by atoms with E-state index in [0.717, 1.165) is 5.92 Å². The number of hydrogen-bond donors (Lipinski definition) is 1. The van der Waals surface area contributed by atoms with Gasteiger partial charge in [-0.25, -0.2) is 0 Å². The maximum Gasteiger partial charge on any atom is 0.00103 e. The van der Waals surface area contributed by atoms with Crippen molar-refractivity contribution in [1.82, 2.24) is 10.2 Å². The Balaban J connectivity index is 2.06. The largest absolute Gasteiger partial charge is 0.315 e. The fourth-order valence-corrected chi connectivity index (χ4v) is 2.87. The molecule has 108 valence electrons. The molecule has 0 radical (unpaired) electrons. The van der Waals surface area contributed by atoms with E-state index in [-0.39, 0.29) is 0 Å². The van der Waals surface area contributed by atoms with Gasteiger partial charge >= 0.3 is 0 Å². The van der Waals surface area contributed by atoms with Crippen LogP contribution in [0.4, 0.5) is 0 Å². The molecule has 2 nitrogen and oxygen atoms in total. The van der Waals surface area contributed by atoms with Crippen molar-refractivity contribution in [2.24, 2.45) is 11.3 Å². The Morgan fingerprint density at radius 3 is 2.22 bits per heavy atom. The van der Waals surface area contributed by atoms with Crippen LogP contribution < -0.4 is 5.32 Å². The molecular formula is C16H34N2. The van der Waals surface area contributed by atoms with Crippen molar-refractivity contribution in [2.75, 3.05) is 26.2 Å². The highest BCUT2D eigenvalue weighted by atomic mass is 15.1. The van der Waals surface area contributed by atoms with E-state index in [9.17, 15) is 0 Å². The lowest BCUT2D eigenvalue weighted by Crippen LogP contribution is -2.38. The molecule has 1 aliphatic rings. The summed E-state index contributed by atoms with van der Waals surface area (Å²) in [7, 11) is 0. The minimum absolute atomic E-state index is 0.507. The topological polar surface area (TPSA) is 15.3 Å². The first-order valence-corrected chi connectivity index (χ1v) is 7.85. The summed E-state index contributed by atoms with van der Waals surface area (Å²) >= 11 is 0. The first kappa shape index (κ1) is 16.0. The Labute approximate surface area is 115 Å². The minimum Gasteiger partial charge on any atom is -0.315 e. The average molecular weight is 254 g/mol. The van der Waals surface area contributed by atoms with E-state index in [1.165, 1.54) is 51.9 Å². The SMILES string of the molecule is CC(C)NCCCCN1CCC(C(C)(C)C)CC1. The van der Waals surface area contributed by atoms with Crippen LogP contribution in [-0.2, 0) is 0 Å². The van der Waals surface area contributed by atoms with Crippen molar-refractivity contribution in [2.45, 2.75) is 66.3 Å². The molecule has 0 aromatic carbocycles. The number of piperidine rings is 1. The summed E-state index contributed by atoms with van der Waals surface area (Å²) in [5.74, 6) is 0.927. The Morgan fingerprint density at radius 2 is 1.72 bits per heavy atom. The number of nitrogens with one attached hydrogen (secondary N) is 1. The van der Waals surface area contributed by atoms with Crippen LogP contribution in [0.1, 0.15) is 60.3 Å². The van der Waals surface area contributed by atoms with Gasteiger partial charge < -0.3 is 10.2 Å². The summed E-state index contributed by atoms with van der Waals surface area (Å²) in [4.78, 5) is 2.66. The molecule has 0 aromatic rings.